The van der Waals surface area contributed by atoms with Crippen molar-refractivity contribution in [2.24, 2.45) is 4.99 Å². The largest absolute Gasteiger partial charge is 0.494 e. The number of aromatic nitrogens is 1. The third kappa shape index (κ3) is 4.23. The maximum atomic E-state index is 9.50. The van der Waals surface area contributed by atoms with Crippen LogP contribution >= 0.6 is 11.3 Å². The van der Waals surface area contributed by atoms with Crippen molar-refractivity contribution in [3.63, 3.8) is 0 Å². The smallest absolute Gasteiger partial charge is 0.190 e. The van der Waals surface area contributed by atoms with Crippen molar-refractivity contribution in [1.29, 1.82) is 0 Å². The average molecular weight is 369 g/mol. The van der Waals surface area contributed by atoms with Gasteiger partial charge in [-0.2, -0.15) is 0 Å². The Hall–Kier alpha value is -2.37. The maximum absolute atomic E-state index is 9.50. The molecule has 0 radical (unpaired) electrons. The van der Waals surface area contributed by atoms with Gasteiger partial charge in [-0.15, -0.1) is 11.3 Å². The van der Waals surface area contributed by atoms with Gasteiger partial charge in [0.15, 0.2) is 4.80 Å². The summed E-state index contributed by atoms with van der Waals surface area (Å²) in [5, 5.41) is 11.6. The molecule has 0 saturated heterocycles. The van der Waals surface area contributed by atoms with Crippen LogP contribution in [0.2, 0.25) is 0 Å². The highest BCUT2D eigenvalue weighted by Gasteiger charge is 2.08. The maximum Gasteiger partial charge on any atom is 0.190 e. The number of hydrogen-bond acceptors (Lipinski definition) is 4. The summed E-state index contributed by atoms with van der Waals surface area (Å²) < 4.78 is 7.55. The molecule has 0 bridgehead atoms. The molecule has 0 unspecified atom stereocenters. The second kappa shape index (κ2) is 8.83. The third-order valence-electron chi connectivity index (χ3n) is 4.15. The van der Waals surface area contributed by atoms with Crippen LogP contribution in [0.1, 0.15) is 19.4 Å². The van der Waals surface area contributed by atoms with Crippen molar-refractivity contribution < 1.29 is 9.84 Å². The molecule has 1 heterocycles. The number of aliphatic hydroxyl groups excluding tert-OH is 1. The molecule has 0 saturated carbocycles. The van der Waals surface area contributed by atoms with E-state index in [9.17, 15) is 5.11 Å². The normalized spacial score (nSPS) is 11.7. The van der Waals surface area contributed by atoms with Crippen LogP contribution in [-0.4, -0.2) is 22.9 Å². The molecule has 5 heteroatoms. The quantitative estimate of drug-likeness (QED) is 0.672. The molecule has 0 aliphatic rings. The fourth-order valence-electron chi connectivity index (χ4n) is 2.77. The number of hydrogen-bond donors (Lipinski definition) is 1. The lowest BCUT2D eigenvalue weighted by Crippen LogP contribution is -2.17. The summed E-state index contributed by atoms with van der Waals surface area (Å²) in [5.74, 6) is 0.845. The zero-order valence-electron chi connectivity index (χ0n) is 15.2. The van der Waals surface area contributed by atoms with Crippen LogP contribution < -0.4 is 9.54 Å². The zero-order chi connectivity index (χ0) is 18.4. The monoisotopic (exact) mass is 368 g/mol. The Kier molecular flexibility index (Phi) is 6.26. The highest BCUT2D eigenvalue weighted by atomic mass is 32.1. The van der Waals surface area contributed by atoms with E-state index in [0.717, 1.165) is 33.9 Å². The number of nitrogens with zero attached hydrogens (tertiary/aromatic N) is 2. The van der Waals surface area contributed by atoms with Crippen molar-refractivity contribution in [2.75, 3.05) is 13.2 Å². The molecule has 3 rings (SSSR count). The van der Waals surface area contributed by atoms with Gasteiger partial charge in [0.05, 0.1) is 24.6 Å². The number of ether oxygens (including phenoxy) is 1. The molecule has 3 aromatic rings. The Morgan fingerprint density at radius 2 is 1.77 bits per heavy atom. The Morgan fingerprint density at radius 3 is 2.38 bits per heavy atom. The number of benzene rings is 2. The summed E-state index contributed by atoms with van der Waals surface area (Å²) in [4.78, 5) is 5.63. The van der Waals surface area contributed by atoms with Crippen LogP contribution in [0.4, 0.5) is 5.69 Å². The van der Waals surface area contributed by atoms with E-state index in [1.54, 1.807) is 11.3 Å². The zero-order valence-corrected chi connectivity index (χ0v) is 16.0. The molecular weight excluding hydrogens is 344 g/mol. The van der Waals surface area contributed by atoms with Gasteiger partial charge in [0.25, 0.3) is 0 Å². The summed E-state index contributed by atoms with van der Waals surface area (Å²) >= 11 is 1.58. The lowest BCUT2D eigenvalue weighted by atomic mass is 10.1. The average Bonchev–Trinajstić information content (AvgIpc) is 3.06. The fraction of sp³-hybridized carbons (Fsp3) is 0.286. The standard InChI is InChI=1S/C21H24N2O2S/c1-3-16-5-7-17(8-6-16)20-15-26-21(23(20)13-14-24)22-18-9-11-19(12-10-18)25-4-2/h5-12,15,24H,3-4,13-14H2,1-2H3. The van der Waals surface area contributed by atoms with E-state index in [1.807, 2.05) is 31.2 Å². The predicted molar refractivity (Wildman–Crippen MR) is 107 cm³/mol. The van der Waals surface area contributed by atoms with Gasteiger partial charge in [-0.3, -0.25) is 0 Å². The molecule has 0 aliphatic heterocycles. The Bertz CT molecular complexity index is 893. The number of aliphatic hydroxyl groups is 1. The van der Waals surface area contributed by atoms with E-state index in [1.165, 1.54) is 5.56 Å². The first-order chi connectivity index (χ1) is 12.7. The van der Waals surface area contributed by atoms with E-state index in [0.29, 0.717) is 13.2 Å². The lowest BCUT2D eigenvalue weighted by molar-refractivity contribution is 0.275. The summed E-state index contributed by atoms with van der Waals surface area (Å²) in [6.07, 6.45) is 1.03. The first kappa shape index (κ1) is 18.4. The molecule has 26 heavy (non-hydrogen) atoms. The minimum absolute atomic E-state index is 0.0766. The molecule has 0 aliphatic carbocycles. The lowest BCUT2D eigenvalue weighted by Gasteiger charge is -2.08. The van der Waals surface area contributed by atoms with Gasteiger partial charge in [-0.25, -0.2) is 4.99 Å². The van der Waals surface area contributed by atoms with Crippen molar-refractivity contribution in [3.8, 4) is 17.0 Å². The molecular formula is C21H24N2O2S. The van der Waals surface area contributed by atoms with Gasteiger partial charge >= 0.3 is 0 Å². The molecule has 0 fully saturated rings. The predicted octanol–water partition coefficient (Wildman–Crippen LogP) is 4.40. The van der Waals surface area contributed by atoms with Crippen LogP contribution in [0, 0.1) is 0 Å². The van der Waals surface area contributed by atoms with E-state index in [4.69, 9.17) is 9.73 Å². The van der Waals surface area contributed by atoms with Gasteiger partial charge in [0, 0.05) is 11.9 Å². The summed E-state index contributed by atoms with van der Waals surface area (Å²) in [6.45, 7) is 5.37. The van der Waals surface area contributed by atoms with Crippen LogP contribution in [-0.2, 0) is 13.0 Å². The van der Waals surface area contributed by atoms with Gasteiger partial charge in [0.1, 0.15) is 5.75 Å². The molecule has 0 atom stereocenters. The van der Waals surface area contributed by atoms with E-state index in [2.05, 4.69) is 41.1 Å². The first-order valence-electron chi connectivity index (χ1n) is 8.91. The van der Waals surface area contributed by atoms with Gasteiger partial charge in [0.2, 0.25) is 0 Å². The van der Waals surface area contributed by atoms with E-state index < -0.39 is 0 Å². The number of thiazole rings is 1. The summed E-state index contributed by atoms with van der Waals surface area (Å²) in [6, 6.07) is 16.3. The minimum atomic E-state index is 0.0766. The second-order valence-electron chi connectivity index (χ2n) is 5.87. The fourth-order valence-corrected chi connectivity index (χ4v) is 3.73. The van der Waals surface area contributed by atoms with E-state index >= 15 is 0 Å². The third-order valence-corrected chi connectivity index (χ3v) is 5.02. The van der Waals surface area contributed by atoms with Crippen molar-refractivity contribution >= 4 is 17.0 Å². The van der Waals surface area contributed by atoms with Crippen molar-refractivity contribution in [1.82, 2.24) is 4.57 Å². The first-order valence-corrected chi connectivity index (χ1v) is 9.79. The topological polar surface area (TPSA) is 46.8 Å². The highest BCUT2D eigenvalue weighted by molar-refractivity contribution is 7.07. The van der Waals surface area contributed by atoms with Crippen molar-refractivity contribution in [2.45, 2.75) is 26.8 Å². The summed E-state index contributed by atoms with van der Waals surface area (Å²) in [5.41, 5.74) is 4.41. The molecule has 0 amide bonds. The molecule has 1 N–H and O–H groups in total. The molecule has 136 valence electrons. The molecule has 0 spiro atoms. The minimum Gasteiger partial charge on any atom is -0.494 e. The van der Waals surface area contributed by atoms with Gasteiger partial charge in [-0.05, 0) is 48.7 Å². The Labute approximate surface area is 158 Å². The van der Waals surface area contributed by atoms with Crippen molar-refractivity contribution in [3.05, 3.63) is 64.3 Å². The number of aryl methyl sites for hydroxylation is 1. The van der Waals surface area contributed by atoms with Gasteiger partial charge in [-0.1, -0.05) is 31.2 Å². The van der Waals surface area contributed by atoms with E-state index in [-0.39, 0.29) is 6.61 Å². The highest BCUT2D eigenvalue weighted by Crippen LogP contribution is 2.22. The van der Waals surface area contributed by atoms with Gasteiger partial charge < -0.3 is 14.4 Å². The Morgan fingerprint density at radius 1 is 1.04 bits per heavy atom. The number of rotatable bonds is 7. The second-order valence-corrected chi connectivity index (χ2v) is 6.70. The van der Waals surface area contributed by atoms with Crippen LogP contribution in [0.3, 0.4) is 0 Å². The molecule has 4 nitrogen and oxygen atoms in total. The van der Waals surface area contributed by atoms with Crippen LogP contribution in [0.15, 0.2) is 58.9 Å². The molecule has 2 aromatic carbocycles. The SMILES string of the molecule is CCOc1ccc(N=c2scc(-c3ccc(CC)cc3)n2CCO)cc1. The van der Waals surface area contributed by atoms with Crippen LogP contribution in [0.25, 0.3) is 11.3 Å². The molecule has 1 aromatic heterocycles. The van der Waals surface area contributed by atoms with Crippen LogP contribution in [0.5, 0.6) is 5.75 Å². The summed E-state index contributed by atoms with van der Waals surface area (Å²) in [7, 11) is 0. The Balaban J connectivity index is 1.97.